The summed E-state index contributed by atoms with van der Waals surface area (Å²) in [5, 5.41) is 3.53. The Labute approximate surface area is 141 Å². The topological polar surface area (TPSA) is 55.4 Å². The second-order valence-electron chi connectivity index (χ2n) is 6.41. The van der Waals surface area contributed by atoms with Crippen LogP contribution in [0.5, 0.6) is 0 Å². The molecule has 2 saturated carbocycles. The number of carbonyl (C=O) groups is 2. The summed E-state index contributed by atoms with van der Waals surface area (Å²) in [7, 11) is 0. The van der Waals surface area contributed by atoms with Crippen molar-refractivity contribution in [3.63, 3.8) is 0 Å². The van der Waals surface area contributed by atoms with Gasteiger partial charge in [-0.2, -0.15) is 0 Å². The maximum absolute atomic E-state index is 12.8. The van der Waals surface area contributed by atoms with E-state index in [1.807, 2.05) is 13.0 Å². The molecule has 6 atom stereocenters. The Balaban J connectivity index is 1.61. The highest BCUT2D eigenvalue weighted by atomic mass is 79.9. The van der Waals surface area contributed by atoms with E-state index < -0.39 is 0 Å². The molecule has 22 heavy (non-hydrogen) atoms. The minimum Gasteiger partial charge on any atom is -0.461 e. The van der Waals surface area contributed by atoms with Crippen molar-refractivity contribution in [3.8, 4) is 0 Å². The fourth-order valence-corrected chi connectivity index (χ4v) is 5.49. The molecule has 3 aliphatic rings. The van der Waals surface area contributed by atoms with Crippen LogP contribution in [0.4, 0.5) is 5.69 Å². The zero-order valence-electron chi connectivity index (χ0n) is 11.9. The fraction of sp³-hybridized carbons (Fsp3) is 0.500. The van der Waals surface area contributed by atoms with Gasteiger partial charge in [-0.3, -0.25) is 9.59 Å². The van der Waals surface area contributed by atoms with Crippen molar-refractivity contribution in [1.82, 2.24) is 0 Å². The third-order valence-corrected chi connectivity index (χ3v) is 6.72. The molecular formula is C16H15BrClNO3. The van der Waals surface area contributed by atoms with Crippen LogP contribution in [0.1, 0.15) is 12.0 Å². The zero-order valence-corrected chi connectivity index (χ0v) is 14.2. The lowest BCUT2D eigenvalue weighted by molar-refractivity contribution is -0.145. The number of ether oxygens (including phenoxy) is 1. The van der Waals surface area contributed by atoms with Crippen molar-refractivity contribution in [2.24, 2.45) is 23.7 Å². The maximum atomic E-state index is 12.8. The number of rotatable bonds is 2. The standard InChI is InChI=1S/C16H15BrClNO3/c1-6-2-3-7(18)4-10(6)19-15(20)11-8-5-9-12(11)16(21)22-14(9)13(8)17/h2-4,8-9,11-14H,5H2,1H3,(H,19,20)/t8-,9-,11-,12-,13+,14+/m1/s1. The minimum absolute atomic E-state index is 0.0561. The van der Waals surface area contributed by atoms with E-state index in [1.54, 1.807) is 12.1 Å². The number of nitrogens with one attached hydrogen (secondary N) is 1. The van der Waals surface area contributed by atoms with Gasteiger partial charge in [-0.15, -0.1) is 0 Å². The monoisotopic (exact) mass is 383 g/mol. The highest BCUT2D eigenvalue weighted by Gasteiger charge is 2.67. The lowest BCUT2D eigenvalue weighted by Crippen LogP contribution is -2.40. The molecule has 0 radical (unpaired) electrons. The summed E-state index contributed by atoms with van der Waals surface area (Å²) in [4.78, 5) is 24.9. The predicted molar refractivity (Wildman–Crippen MR) is 86.0 cm³/mol. The number of carbonyl (C=O) groups excluding carboxylic acids is 2. The Morgan fingerprint density at radius 3 is 2.95 bits per heavy atom. The Kier molecular flexibility index (Phi) is 3.28. The highest BCUT2D eigenvalue weighted by molar-refractivity contribution is 9.09. The smallest absolute Gasteiger partial charge is 0.310 e. The molecular weight excluding hydrogens is 370 g/mol. The first-order valence-corrected chi connectivity index (χ1v) is 8.68. The molecule has 4 nitrogen and oxygen atoms in total. The third-order valence-electron chi connectivity index (χ3n) is 5.28. The Bertz CT molecular complexity index is 679. The Hall–Kier alpha value is -1.07. The largest absolute Gasteiger partial charge is 0.461 e. The normalized spacial score (nSPS) is 38.2. The molecule has 1 aromatic rings. The molecule has 0 unspecified atom stereocenters. The lowest BCUT2D eigenvalue weighted by Gasteiger charge is -2.27. The second kappa shape index (κ2) is 4.96. The van der Waals surface area contributed by atoms with E-state index in [9.17, 15) is 9.59 Å². The molecule has 6 heteroatoms. The quantitative estimate of drug-likeness (QED) is 0.629. The van der Waals surface area contributed by atoms with Crippen molar-refractivity contribution in [2.45, 2.75) is 24.3 Å². The molecule has 0 aromatic heterocycles. The van der Waals surface area contributed by atoms with Gasteiger partial charge in [-0.05, 0) is 37.0 Å². The van der Waals surface area contributed by atoms with Crippen molar-refractivity contribution in [2.75, 3.05) is 5.32 Å². The van der Waals surface area contributed by atoms with Crippen LogP contribution in [0.2, 0.25) is 5.02 Å². The fourth-order valence-electron chi connectivity index (χ4n) is 4.28. The van der Waals surface area contributed by atoms with Crippen LogP contribution in [0.15, 0.2) is 18.2 Å². The summed E-state index contributed by atoms with van der Waals surface area (Å²) in [6.07, 6.45) is 0.823. The number of aryl methyl sites for hydroxylation is 1. The molecule has 1 heterocycles. The molecule has 0 spiro atoms. The van der Waals surface area contributed by atoms with Gasteiger partial charge in [0.2, 0.25) is 5.91 Å². The van der Waals surface area contributed by atoms with E-state index in [0.29, 0.717) is 10.7 Å². The number of hydrogen-bond donors (Lipinski definition) is 1. The van der Waals surface area contributed by atoms with Crippen LogP contribution >= 0.6 is 27.5 Å². The molecule has 2 aliphatic carbocycles. The SMILES string of the molecule is Cc1ccc(Cl)cc1NC(=O)[C@@H]1[C@H]2C[C@H]3[C@H](OC(=O)[C@H]31)[C@H]2Br. The molecule has 1 aromatic carbocycles. The molecule has 1 amide bonds. The van der Waals surface area contributed by atoms with Gasteiger partial charge in [0.25, 0.3) is 0 Å². The summed E-state index contributed by atoms with van der Waals surface area (Å²) in [6, 6.07) is 5.40. The van der Waals surface area contributed by atoms with Gasteiger partial charge < -0.3 is 10.1 Å². The van der Waals surface area contributed by atoms with Crippen molar-refractivity contribution < 1.29 is 14.3 Å². The van der Waals surface area contributed by atoms with Crippen LogP contribution in [0.3, 0.4) is 0 Å². The second-order valence-corrected chi connectivity index (χ2v) is 7.90. The van der Waals surface area contributed by atoms with E-state index in [-0.39, 0.29) is 46.5 Å². The first-order valence-electron chi connectivity index (χ1n) is 7.39. The van der Waals surface area contributed by atoms with E-state index in [0.717, 1.165) is 12.0 Å². The number of benzene rings is 1. The van der Waals surface area contributed by atoms with Crippen molar-refractivity contribution in [3.05, 3.63) is 28.8 Å². The van der Waals surface area contributed by atoms with Gasteiger partial charge in [-0.1, -0.05) is 33.6 Å². The van der Waals surface area contributed by atoms with Crippen molar-refractivity contribution >= 4 is 45.1 Å². The maximum Gasteiger partial charge on any atom is 0.310 e. The van der Waals surface area contributed by atoms with Gasteiger partial charge in [0, 0.05) is 16.6 Å². The van der Waals surface area contributed by atoms with Crippen LogP contribution in [-0.2, 0) is 14.3 Å². The summed E-state index contributed by atoms with van der Waals surface area (Å²) < 4.78 is 5.44. The number of fused-ring (bicyclic) bond motifs is 1. The molecule has 1 saturated heterocycles. The molecule has 116 valence electrons. The van der Waals surface area contributed by atoms with E-state index in [1.165, 1.54) is 0 Å². The molecule has 4 rings (SSSR count). The molecule has 1 aliphatic heterocycles. The molecule has 3 fully saturated rings. The number of halogens is 2. The van der Waals surface area contributed by atoms with Gasteiger partial charge in [0.1, 0.15) is 6.10 Å². The summed E-state index contributed by atoms with van der Waals surface area (Å²) >= 11 is 9.62. The summed E-state index contributed by atoms with van der Waals surface area (Å²) in [5.41, 5.74) is 1.65. The first-order chi connectivity index (χ1) is 10.5. The van der Waals surface area contributed by atoms with Gasteiger partial charge in [0.15, 0.2) is 0 Å². The first kappa shape index (κ1) is 14.5. The average Bonchev–Trinajstić information content (AvgIpc) is 3.07. The minimum atomic E-state index is -0.320. The van der Waals surface area contributed by atoms with Crippen LogP contribution in [0.25, 0.3) is 0 Å². The third kappa shape index (κ3) is 1.95. The van der Waals surface area contributed by atoms with Crippen molar-refractivity contribution in [1.29, 1.82) is 0 Å². The molecule has 2 bridgehead atoms. The van der Waals surface area contributed by atoms with E-state index in [4.69, 9.17) is 16.3 Å². The highest BCUT2D eigenvalue weighted by Crippen LogP contribution is 2.60. The van der Waals surface area contributed by atoms with E-state index in [2.05, 4.69) is 21.2 Å². The van der Waals surface area contributed by atoms with Gasteiger partial charge in [0.05, 0.1) is 16.7 Å². The van der Waals surface area contributed by atoms with Crippen LogP contribution < -0.4 is 5.32 Å². The van der Waals surface area contributed by atoms with E-state index >= 15 is 0 Å². The number of hydrogen-bond acceptors (Lipinski definition) is 3. The number of anilines is 1. The number of esters is 1. The van der Waals surface area contributed by atoms with Gasteiger partial charge >= 0.3 is 5.97 Å². The number of alkyl halides is 1. The van der Waals surface area contributed by atoms with Crippen LogP contribution in [0, 0.1) is 30.6 Å². The summed E-state index contributed by atoms with van der Waals surface area (Å²) in [6.45, 7) is 1.92. The average molecular weight is 385 g/mol. The molecule has 1 N–H and O–H groups in total. The van der Waals surface area contributed by atoms with Crippen LogP contribution in [-0.4, -0.2) is 22.8 Å². The Morgan fingerprint density at radius 2 is 2.18 bits per heavy atom. The van der Waals surface area contributed by atoms with Gasteiger partial charge in [-0.25, -0.2) is 0 Å². The zero-order chi connectivity index (χ0) is 15.6. The predicted octanol–water partition coefficient (Wildman–Crippen LogP) is 3.16. The Morgan fingerprint density at radius 1 is 1.41 bits per heavy atom. The number of amides is 1. The lowest BCUT2D eigenvalue weighted by atomic mass is 9.79. The summed E-state index contributed by atoms with van der Waals surface area (Å²) in [5.74, 6) is -0.599.